The van der Waals surface area contributed by atoms with Crippen LogP contribution in [0.15, 0.2) is 24.3 Å². The quantitative estimate of drug-likeness (QED) is 0.492. The van der Waals surface area contributed by atoms with Crippen LogP contribution in [0.3, 0.4) is 0 Å². The molecule has 31 heavy (non-hydrogen) atoms. The fourth-order valence-electron chi connectivity index (χ4n) is 5.82. The number of ether oxygens (including phenoxy) is 1. The summed E-state index contributed by atoms with van der Waals surface area (Å²) in [4.78, 5) is 44.2. The molecule has 8 heteroatoms. The first-order valence-electron chi connectivity index (χ1n) is 11.2. The van der Waals surface area contributed by atoms with Crippen LogP contribution < -0.4 is 0 Å². The van der Waals surface area contributed by atoms with Crippen LogP contribution in [0.2, 0.25) is 0 Å². The van der Waals surface area contributed by atoms with Gasteiger partial charge in [-0.25, -0.2) is 0 Å². The molecular weight excluding hydrogens is 416 g/mol. The van der Waals surface area contributed by atoms with Gasteiger partial charge in [0.25, 0.3) is 0 Å². The number of carbonyl (C=O) groups is 3. The van der Waals surface area contributed by atoms with Crippen molar-refractivity contribution < 1.29 is 24.2 Å². The van der Waals surface area contributed by atoms with Crippen LogP contribution in [-0.2, 0) is 19.1 Å². The first-order valence-corrected chi connectivity index (χ1v) is 12.1. The van der Waals surface area contributed by atoms with E-state index >= 15 is 0 Å². The van der Waals surface area contributed by atoms with Crippen LogP contribution in [0, 0.1) is 11.8 Å². The zero-order valence-electron chi connectivity index (χ0n) is 18.5. The smallest absolute Gasteiger partial charge is 0.311 e. The Kier molecular flexibility index (Phi) is 5.98. The third kappa shape index (κ3) is 3.33. The van der Waals surface area contributed by atoms with Crippen molar-refractivity contribution in [1.29, 1.82) is 0 Å². The molecule has 0 aromatic heterocycles. The molecule has 2 saturated heterocycles. The van der Waals surface area contributed by atoms with E-state index in [0.29, 0.717) is 19.5 Å². The Balaban J connectivity index is 1.82. The van der Waals surface area contributed by atoms with Gasteiger partial charge in [0.15, 0.2) is 0 Å². The van der Waals surface area contributed by atoms with E-state index in [9.17, 15) is 19.5 Å². The van der Waals surface area contributed by atoms with Crippen LogP contribution in [-0.4, -0.2) is 80.6 Å². The van der Waals surface area contributed by atoms with Gasteiger partial charge in [0, 0.05) is 30.5 Å². The van der Waals surface area contributed by atoms with Gasteiger partial charge in [-0.2, -0.15) is 0 Å². The highest BCUT2D eigenvalue weighted by Gasteiger charge is 2.74. The van der Waals surface area contributed by atoms with Crippen molar-refractivity contribution in [3.63, 3.8) is 0 Å². The summed E-state index contributed by atoms with van der Waals surface area (Å²) in [6.07, 6.45) is 10.1. The molecule has 6 atom stereocenters. The largest absolute Gasteiger partial charge is 0.461 e. The van der Waals surface area contributed by atoms with Crippen molar-refractivity contribution in [2.45, 2.75) is 61.6 Å². The highest BCUT2D eigenvalue weighted by Crippen LogP contribution is 2.65. The van der Waals surface area contributed by atoms with Crippen LogP contribution in [0.5, 0.6) is 0 Å². The fourth-order valence-corrected chi connectivity index (χ4v) is 7.98. The van der Waals surface area contributed by atoms with Crippen molar-refractivity contribution in [3.05, 3.63) is 24.3 Å². The second-order valence-corrected chi connectivity index (χ2v) is 11.0. The van der Waals surface area contributed by atoms with Crippen molar-refractivity contribution >= 4 is 29.5 Å². The first kappa shape index (κ1) is 22.4. The van der Waals surface area contributed by atoms with E-state index in [4.69, 9.17) is 4.74 Å². The number of hydrogen-bond donors (Lipinski definition) is 1. The predicted molar refractivity (Wildman–Crippen MR) is 118 cm³/mol. The maximum Gasteiger partial charge on any atom is 0.311 e. The molecule has 0 aliphatic carbocycles. The molecule has 2 amide bonds. The summed E-state index contributed by atoms with van der Waals surface area (Å²) in [7, 11) is 0. The van der Waals surface area contributed by atoms with E-state index in [1.54, 1.807) is 16.7 Å². The van der Waals surface area contributed by atoms with Gasteiger partial charge < -0.3 is 19.6 Å². The number of aliphatic hydroxyl groups excluding tert-OH is 1. The highest BCUT2D eigenvalue weighted by atomic mass is 32.2. The van der Waals surface area contributed by atoms with Gasteiger partial charge >= 0.3 is 5.97 Å². The minimum absolute atomic E-state index is 0.0588. The van der Waals surface area contributed by atoms with Crippen molar-refractivity contribution in [2.24, 2.45) is 11.8 Å². The molecule has 4 aliphatic heterocycles. The van der Waals surface area contributed by atoms with E-state index in [2.05, 4.69) is 6.92 Å². The zero-order valence-corrected chi connectivity index (χ0v) is 19.3. The third-order valence-corrected chi connectivity index (χ3v) is 8.94. The summed E-state index contributed by atoms with van der Waals surface area (Å²) in [6, 6.07) is -0.631. The molecule has 0 saturated carbocycles. The zero-order chi connectivity index (χ0) is 22.4. The summed E-state index contributed by atoms with van der Waals surface area (Å²) in [5.41, 5.74) is 0. The number of rotatable bonds is 6. The van der Waals surface area contributed by atoms with Gasteiger partial charge in [-0.05, 0) is 32.8 Å². The fraction of sp³-hybridized carbons (Fsp3) is 0.696. The summed E-state index contributed by atoms with van der Waals surface area (Å²) in [6.45, 7) is 7.05. The molecule has 0 radical (unpaired) electrons. The van der Waals surface area contributed by atoms with Crippen LogP contribution in [0.25, 0.3) is 0 Å². The van der Waals surface area contributed by atoms with Gasteiger partial charge in [-0.15, -0.1) is 11.8 Å². The van der Waals surface area contributed by atoms with Gasteiger partial charge in [0.05, 0.1) is 16.6 Å². The summed E-state index contributed by atoms with van der Waals surface area (Å²) < 4.78 is 3.96. The van der Waals surface area contributed by atoms with Crippen molar-refractivity contribution in [2.75, 3.05) is 26.3 Å². The Morgan fingerprint density at radius 2 is 2.00 bits per heavy atom. The standard InChI is InChI=1S/C23H32N2O5S/c1-4-8-15(2)24-11-5-10-23-16(17-21(29)30-14-6-9-22(17,3)31-23)19(27)25(12-7-13-26)18(23)20(24)28/h5-6,9-10,15-18,26H,4,7-8,11-14H2,1-3H3/t15?,16-,17+,18?,22-,23-/m0/s1. The van der Waals surface area contributed by atoms with E-state index in [0.717, 1.165) is 12.8 Å². The van der Waals surface area contributed by atoms with E-state index in [1.807, 2.05) is 43.1 Å². The van der Waals surface area contributed by atoms with Gasteiger partial charge in [0.2, 0.25) is 11.8 Å². The highest BCUT2D eigenvalue weighted by molar-refractivity contribution is 8.02. The second-order valence-electron chi connectivity index (χ2n) is 9.17. The lowest BCUT2D eigenvalue weighted by atomic mass is 9.75. The third-order valence-electron chi connectivity index (χ3n) is 7.14. The number of hydrogen-bond acceptors (Lipinski definition) is 6. The Morgan fingerprint density at radius 1 is 1.23 bits per heavy atom. The molecule has 4 rings (SSSR count). The number of thioether (sulfide) groups is 1. The van der Waals surface area contributed by atoms with Crippen LogP contribution in [0.1, 0.15) is 40.0 Å². The molecule has 4 heterocycles. The maximum absolute atomic E-state index is 13.9. The van der Waals surface area contributed by atoms with Gasteiger partial charge in [-0.1, -0.05) is 31.6 Å². The molecule has 170 valence electrons. The Bertz CT molecular complexity index is 829. The number of fused-ring (bicyclic) bond motifs is 2. The Labute approximate surface area is 187 Å². The van der Waals surface area contributed by atoms with Crippen LogP contribution >= 0.6 is 11.8 Å². The van der Waals surface area contributed by atoms with E-state index < -0.39 is 27.4 Å². The lowest BCUT2D eigenvalue weighted by Crippen LogP contribution is -2.55. The van der Waals surface area contributed by atoms with E-state index in [-0.39, 0.29) is 37.0 Å². The molecule has 2 unspecified atom stereocenters. The first-order chi connectivity index (χ1) is 14.8. The summed E-state index contributed by atoms with van der Waals surface area (Å²) >= 11 is 1.55. The minimum atomic E-state index is -0.829. The normalized spacial score (nSPS) is 37.8. The number of cyclic esters (lactones) is 1. The number of carbonyl (C=O) groups excluding carboxylic acids is 3. The molecule has 4 aliphatic rings. The number of aliphatic hydroxyl groups is 1. The van der Waals surface area contributed by atoms with Crippen LogP contribution in [0.4, 0.5) is 0 Å². The van der Waals surface area contributed by atoms with E-state index in [1.165, 1.54) is 0 Å². The summed E-state index contributed by atoms with van der Waals surface area (Å²) in [5.74, 6) is -1.94. The van der Waals surface area contributed by atoms with Crippen molar-refractivity contribution in [1.82, 2.24) is 9.80 Å². The topological polar surface area (TPSA) is 87.2 Å². The number of likely N-dealkylation sites (tertiary alicyclic amines) is 1. The average Bonchev–Trinajstić information content (AvgIpc) is 2.97. The molecule has 1 N–H and O–H groups in total. The maximum atomic E-state index is 13.9. The number of amides is 2. The monoisotopic (exact) mass is 448 g/mol. The predicted octanol–water partition coefficient (Wildman–Crippen LogP) is 1.76. The molecular formula is C23H32N2O5S. The molecule has 0 bridgehead atoms. The Morgan fingerprint density at radius 3 is 2.71 bits per heavy atom. The molecule has 0 aromatic rings. The average molecular weight is 449 g/mol. The molecule has 7 nitrogen and oxygen atoms in total. The SMILES string of the molecule is CCCC(C)N1CC=C[C@]23S[C@@]4(C)C=CCOC(=O)[C@H]4[C@H]2C(=O)N(CCCO)C3C1=O. The lowest BCUT2D eigenvalue weighted by Gasteiger charge is -2.38. The summed E-state index contributed by atoms with van der Waals surface area (Å²) in [5, 5.41) is 9.41. The minimum Gasteiger partial charge on any atom is -0.461 e. The number of esters is 1. The lowest BCUT2D eigenvalue weighted by molar-refractivity contribution is -0.152. The molecule has 0 aromatic carbocycles. The molecule has 2 fully saturated rings. The number of nitrogens with zero attached hydrogens (tertiary/aromatic N) is 2. The van der Waals surface area contributed by atoms with Gasteiger partial charge in [0.1, 0.15) is 12.6 Å². The molecule has 1 spiro atoms. The Hall–Kier alpha value is -1.80. The second kappa shape index (κ2) is 8.28. The van der Waals surface area contributed by atoms with Gasteiger partial charge in [-0.3, -0.25) is 14.4 Å². The van der Waals surface area contributed by atoms with Crippen molar-refractivity contribution in [3.8, 4) is 0 Å².